The lowest BCUT2D eigenvalue weighted by Gasteiger charge is -2.24. The number of rotatable bonds is 11. The van der Waals surface area contributed by atoms with Crippen molar-refractivity contribution >= 4 is 46.7 Å². The summed E-state index contributed by atoms with van der Waals surface area (Å²) in [4.78, 5) is 65.0. The Balaban J connectivity index is 1.54. The van der Waals surface area contributed by atoms with Crippen LogP contribution in [0.3, 0.4) is 0 Å². The molecule has 1 aliphatic rings. The van der Waals surface area contributed by atoms with E-state index in [-0.39, 0.29) is 28.8 Å². The first kappa shape index (κ1) is 32.2. The SMILES string of the molecule is Cc1ccc(CNC(=O)C(Cc2cccc(C=C3SC(=O)N(C)C3=O)c2)NC(=O)[C@@H](NC(=O)c2cc(C)on2)[C@@H](C)O)cc1. The molecular formula is C31H33N5O7S. The number of aliphatic hydroxyl groups excluding tert-OH is 1. The molecule has 5 amide bonds. The number of carbonyl (C=O) groups is 5. The van der Waals surface area contributed by atoms with E-state index in [4.69, 9.17) is 4.52 Å². The van der Waals surface area contributed by atoms with Gasteiger partial charge in [0.2, 0.25) is 11.8 Å². The van der Waals surface area contributed by atoms with Gasteiger partial charge in [-0.3, -0.25) is 28.9 Å². The van der Waals surface area contributed by atoms with E-state index in [1.54, 1.807) is 37.3 Å². The van der Waals surface area contributed by atoms with Crippen LogP contribution >= 0.6 is 11.8 Å². The molecule has 44 heavy (non-hydrogen) atoms. The highest BCUT2D eigenvalue weighted by Crippen LogP contribution is 2.31. The van der Waals surface area contributed by atoms with Gasteiger partial charge in [0.05, 0.1) is 11.0 Å². The lowest BCUT2D eigenvalue weighted by atomic mass is 10.0. The van der Waals surface area contributed by atoms with Gasteiger partial charge < -0.3 is 25.6 Å². The van der Waals surface area contributed by atoms with E-state index >= 15 is 0 Å². The number of aromatic nitrogens is 1. The summed E-state index contributed by atoms with van der Waals surface area (Å²) in [5, 5.41) is 21.6. The quantitative estimate of drug-likeness (QED) is 0.235. The molecule has 2 heterocycles. The van der Waals surface area contributed by atoms with Crippen LogP contribution in [0.25, 0.3) is 6.08 Å². The summed E-state index contributed by atoms with van der Waals surface area (Å²) in [6.45, 7) is 5.11. The summed E-state index contributed by atoms with van der Waals surface area (Å²) < 4.78 is 4.92. The number of aryl methyl sites for hydroxylation is 2. The molecule has 12 nitrogen and oxygen atoms in total. The van der Waals surface area contributed by atoms with Crippen LogP contribution in [0.1, 0.15) is 45.4 Å². The van der Waals surface area contributed by atoms with Gasteiger partial charge in [-0.15, -0.1) is 0 Å². The van der Waals surface area contributed by atoms with Gasteiger partial charge in [0.1, 0.15) is 17.8 Å². The maximum atomic E-state index is 13.4. The van der Waals surface area contributed by atoms with E-state index in [9.17, 15) is 29.1 Å². The number of aliphatic hydroxyl groups is 1. The number of imide groups is 1. The lowest BCUT2D eigenvalue weighted by Crippen LogP contribution is -2.57. The van der Waals surface area contributed by atoms with E-state index in [1.165, 1.54) is 20.0 Å². The number of thioether (sulfide) groups is 1. The fraction of sp³-hybridized carbons (Fsp3) is 0.290. The van der Waals surface area contributed by atoms with Gasteiger partial charge in [0, 0.05) is 26.1 Å². The number of hydrogen-bond donors (Lipinski definition) is 4. The fourth-order valence-electron chi connectivity index (χ4n) is 4.33. The zero-order valence-electron chi connectivity index (χ0n) is 24.6. The zero-order chi connectivity index (χ0) is 32.0. The van der Waals surface area contributed by atoms with Crippen molar-refractivity contribution in [1.29, 1.82) is 0 Å². The van der Waals surface area contributed by atoms with Crippen LogP contribution in [-0.2, 0) is 27.3 Å². The first-order chi connectivity index (χ1) is 20.9. The van der Waals surface area contributed by atoms with Gasteiger partial charge in [-0.2, -0.15) is 0 Å². The summed E-state index contributed by atoms with van der Waals surface area (Å²) in [6, 6.07) is 13.5. The van der Waals surface area contributed by atoms with Crippen LogP contribution in [0, 0.1) is 13.8 Å². The molecule has 3 atom stereocenters. The molecule has 2 aromatic carbocycles. The normalized spacial score (nSPS) is 16.0. The molecule has 13 heteroatoms. The Bertz CT molecular complexity index is 1600. The Morgan fingerprint density at radius 3 is 2.36 bits per heavy atom. The number of likely N-dealkylation sites (N-methyl/N-ethyl adjacent to an activating group) is 1. The first-order valence-corrected chi connectivity index (χ1v) is 14.6. The molecule has 0 aliphatic carbocycles. The van der Waals surface area contributed by atoms with Crippen LogP contribution in [-0.4, -0.2) is 69.3 Å². The molecule has 1 aromatic heterocycles. The molecule has 230 valence electrons. The molecule has 1 unspecified atom stereocenters. The second kappa shape index (κ2) is 14.1. The largest absolute Gasteiger partial charge is 0.391 e. The highest BCUT2D eigenvalue weighted by molar-refractivity contribution is 8.18. The molecule has 0 bridgehead atoms. The molecular weight excluding hydrogens is 586 g/mol. The minimum atomic E-state index is -1.40. The van der Waals surface area contributed by atoms with E-state index in [2.05, 4.69) is 21.1 Å². The number of nitrogens with zero attached hydrogens (tertiary/aromatic N) is 2. The maximum absolute atomic E-state index is 13.4. The number of carbonyl (C=O) groups excluding carboxylic acids is 5. The van der Waals surface area contributed by atoms with E-state index in [1.807, 2.05) is 31.2 Å². The van der Waals surface area contributed by atoms with Gasteiger partial charge in [-0.1, -0.05) is 59.3 Å². The van der Waals surface area contributed by atoms with E-state index in [0.717, 1.165) is 27.8 Å². The average Bonchev–Trinajstić information content (AvgIpc) is 3.53. The Morgan fingerprint density at radius 1 is 1.02 bits per heavy atom. The number of hydrogen-bond acceptors (Lipinski definition) is 9. The first-order valence-electron chi connectivity index (χ1n) is 13.8. The summed E-state index contributed by atoms with van der Waals surface area (Å²) in [5.41, 5.74) is 3.15. The zero-order valence-corrected chi connectivity index (χ0v) is 25.4. The second-order valence-corrected chi connectivity index (χ2v) is 11.5. The smallest absolute Gasteiger partial charge is 0.293 e. The van der Waals surface area contributed by atoms with Crippen LogP contribution in [0.15, 0.2) is 64.0 Å². The molecule has 0 radical (unpaired) electrons. The van der Waals surface area contributed by atoms with Gasteiger partial charge in [-0.25, -0.2) is 0 Å². The van der Waals surface area contributed by atoms with E-state index < -0.39 is 41.8 Å². The second-order valence-electron chi connectivity index (χ2n) is 10.5. The van der Waals surface area contributed by atoms with E-state index in [0.29, 0.717) is 16.9 Å². The molecule has 1 aliphatic heterocycles. The van der Waals surface area contributed by atoms with Crippen molar-refractivity contribution in [3.63, 3.8) is 0 Å². The van der Waals surface area contributed by atoms with Crippen LogP contribution in [0.2, 0.25) is 0 Å². The number of benzene rings is 2. The highest BCUT2D eigenvalue weighted by atomic mass is 32.2. The lowest BCUT2D eigenvalue weighted by molar-refractivity contribution is -0.131. The molecule has 0 saturated carbocycles. The van der Waals surface area contributed by atoms with Crippen molar-refractivity contribution in [3.8, 4) is 0 Å². The third-order valence-corrected chi connectivity index (χ3v) is 7.77. The van der Waals surface area contributed by atoms with Crippen LogP contribution in [0.4, 0.5) is 4.79 Å². The topological polar surface area (TPSA) is 171 Å². The summed E-state index contributed by atoms with van der Waals surface area (Å²) in [6.07, 6.45) is 0.333. The van der Waals surface area contributed by atoms with Gasteiger partial charge in [0.25, 0.3) is 17.1 Å². The Labute approximate surface area is 258 Å². The number of nitrogens with one attached hydrogen (secondary N) is 3. The fourth-order valence-corrected chi connectivity index (χ4v) is 5.15. The molecule has 0 spiro atoms. The molecule has 1 saturated heterocycles. The molecule has 4 N–H and O–H groups in total. The number of amides is 5. The average molecular weight is 620 g/mol. The monoisotopic (exact) mass is 619 g/mol. The minimum Gasteiger partial charge on any atom is -0.391 e. The predicted octanol–water partition coefficient (Wildman–Crippen LogP) is 2.48. The maximum Gasteiger partial charge on any atom is 0.293 e. The third kappa shape index (κ3) is 8.20. The molecule has 3 aromatic rings. The minimum absolute atomic E-state index is 0.0470. The summed E-state index contributed by atoms with van der Waals surface area (Å²) in [7, 11) is 1.41. The Kier molecular flexibility index (Phi) is 10.3. The van der Waals surface area contributed by atoms with Crippen molar-refractivity contribution in [3.05, 3.63) is 93.2 Å². The molecule has 1 fully saturated rings. The van der Waals surface area contributed by atoms with Crippen molar-refractivity contribution in [1.82, 2.24) is 26.0 Å². The third-order valence-electron chi connectivity index (χ3n) is 6.81. The van der Waals surface area contributed by atoms with Crippen molar-refractivity contribution < 1.29 is 33.6 Å². The van der Waals surface area contributed by atoms with Gasteiger partial charge in [0.15, 0.2) is 5.69 Å². The molecule has 4 rings (SSSR count). The van der Waals surface area contributed by atoms with Gasteiger partial charge >= 0.3 is 0 Å². The summed E-state index contributed by atoms with van der Waals surface area (Å²) >= 11 is 0.834. The van der Waals surface area contributed by atoms with Crippen molar-refractivity contribution in [2.75, 3.05) is 7.05 Å². The Hall–Kier alpha value is -4.75. The predicted molar refractivity (Wildman–Crippen MR) is 163 cm³/mol. The standard InChI is InChI=1S/C31H33N5O7S/c1-17-8-10-20(11-9-17)16-32-27(38)23(33-29(40)26(19(3)37)34-28(39)24-12-18(2)43-35-24)14-21-6-5-7-22(13-21)15-25-30(41)36(4)31(42)44-25/h5-13,15,19,23,26,37H,14,16H2,1-4H3,(H,32,38)(H,33,40)(H,34,39)/t19-,23?,26+/m1/s1. The van der Waals surface area contributed by atoms with Crippen LogP contribution in [0.5, 0.6) is 0 Å². The van der Waals surface area contributed by atoms with Crippen molar-refractivity contribution in [2.45, 2.75) is 51.9 Å². The Morgan fingerprint density at radius 2 is 1.75 bits per heavy atom. The summed E-state index contributed by atoms with van der Waals surface area (Å²) in [5.74, 6) is -2.01. The van der Waals surface area contributed by atoms with Gasteiger partial charge in [-0.05, 0) is 55.3 Å². The van der Waals surface area contributed by atoms with Crippen LogP contribution < -0.4 is 16.0 Å². The van der Waals surface area contributed by atoms with Crippen molar-refractivity contribution in [2.24, 2.45) is 0 Å². The highest BCUT2D eigenvalue weighted by Gasteiger charge is 2.32.